The fourth-order valence-corrected chi connectivity index (χ4v) is 4.56. The van der Waals surface area contributed by atoms with Crippen molar-refractivity contribution < 1.29 is 25.3 Å². The van der Waals surface area contributed by atoms with E-state index in [9.17, 15) is 30.5 Å². The van der Waals surface area contributed by atoms with E-state index in [1.807, 2.05) is 48.5 Å². The standard InChI is InChI=1S/C26H28N6O6/c27-30-29-20-9-10-21(22(13-20)32(37)38)28-19-7-5-18(6-8-19)17-3-1-16(2-4-17)11-12-31-14-24(34)26(36)25(35)23(31)15-33/h1-10,13,23-26,28,33-36H,11-12,14-15H2/t23-,24+,25-,26-/m1/s1. The number of hydrogen-bond acceptors (Lipinski definition) is 9. The Labute approximate surface area is 218 Å². The van der Waals surface area contributed by atoms with Crippen molar-refractivity contribution in [3.63, 3.8) is 0 Å². The van der Waals surface area contributed by atoms with Crippen LogP contribution in [0.3, 0.4) is 0 Å². The number of nitrogens with zero attached hydrogens (tertiary/aromatic N) is 5. The highest BCUT2D eigenvalue weighted by molar-refractivity contribution is 5.74. The lowest BCUT2D eigenvalue weighted by molar-refractivity contribution is -0.383. The summed E-state index contributed by atoms with van der Waals surface area (Å²) in [6.07, 6.45) is -2.93. The van der Waals surface area contributed by atoms with Crippen LogP contribution in [0.5, 0.6) is 0 Å². The van der Waals surface area contributed by atoms with Crippen LogP contribution in [0.4, 0.5) is 22.7 Å². The molecule has 1 heterocycles. The van der Waals surface area contributed by atoms with Gasteiger partial charge >= 0.3 is 0 Å². The van der Waals surface area contributed by atoms with Crippen LogP contribution in [-0.2, 0) is 6.42 Å². The normalized spacial score (nSPS) is 21.5. The van der Waals surface area contributed by atoms with Gasteiger partial charge < -0.3 is 25.7 Å². The van der Waals surface area contributed by atoms with Gasteiger partial charge in [-0.15, -0.1) is 0 Å². The Morgan fingerprint density at radius 3 is 2.29 bits per heavy atom. The highest BCUT2D eigenvalue weighted by Crippen LogP contribution is 2.32. The molecular weight excluding hydrogens is 492 g/mol. The van der Waals surface area contributed by atoms with E-state index >= 15 is 0 Å². The molecule has 1 aliphatic heterocycles. The summed E-state index contributed by atoms with van der Waals surface area (Å²) in [6, 6.07) is 18.9. The molecule has 0 unspecified atom stereocenters. The van der Waals surface area contributed by atoms with Crippen LogP contribution in [0, 0.1) is 10.1 Å². The number of likely N-dealkylation sites (tertiary alicyclic amines) is 1. The first-order chi connectivity index (χ1) is 18.3. The number of anilines is 2. The van der Waals surface area contributed by atoms with Gasteiger partial charge in [0.1, 0.15) is 17.9 Å². The Bertz CT molecular complexity index is 1310. The topological polar surface area (TPSA) is 188 Å². The molecule has 5 N–H and O–H groups in total. The van der Waals surface area contributed by atoms with Gasteiger partial charge in [-0.05, 0) is 46.8 Å². The first kappa shape index (κ1) is 27.0. The van der Waals surface area contributed by atoms with Crippen LogP contribution in [-0.4, -0.2) is 74.3 Å². The predicted molar refractivity (Wildman–Crippen MR) is 141 cm³/mol. The number of aliphatic hydroxyl groups excluding tert-OH is 4. The molecule has 12 nitrogen and oxygen atoms in total. The summed E-state index contributed by atoms with van der Waals surface area (Å²) in [4.78, 5) is 15.3. The third kappa shape index (κ3) is 6.09. The number of benzene rings is 3. The first-order valence-electron chi connectivity index (χ1n) is 12.0. The Hall–Kier alpha value is -4.03. The fraction of sp³-hybridized carbons (Fsp3) is 0.308. The first-order valence-corrected chi connectivity index (χ1v) is 12.0. The minimum absolute atomic E-state index is 0.154. The van der Waals surface area contributed by atoms with Crippen molar-refractivity contribution in [3.8, 4) is 11.1 Å². The molecule has 4 rings (SSSR count). The Morgan fingerprint density at radius 2 is 1.68 bits per heavy atom. The van der Waals surface area contributed by atoms with E-state index in [2.05, 4.69) is 15.3 Å². The van der Waals surface area contributed by atoms with Gasteiger partial charge in [0.25, 0.3) is 5.69 Å². The molecule has 0 bridgehead atoms. The van der Waals surface area contributed by atoms with E-state index in [0.717, 1.165) is 16.7 Å². The smallest absolute Gasteiger partial charge is 0.293 e. The van der Waals surface area contributed by atoms with Crippen molar-refractivity contribution in [1.29, 1.82) is 0 Å². The van der Waals surface area contributed by atoms with Gasteiger partial charge in [0.05, 0.1) is 23.7 Å². The molecule has 0 aliphatic carbocycles. The SMILES string of the molecule is [N-]=[N+]=Nc1ccc(Nc2ccc(-c3ccc(CCN4C[C@H](O)[C@@H](O)[C@H](O)[C@H]4CO)cc3)cc2)c([N+](=O)[O-])c1. The number of piperidine rings is 1. The summed E-state index contributed by atoms with van der Waals surface area (Å²) in [6.45, 7) is 0.355. The van der Waals surface area contributed by atoms with Crippen molar-refractivity contribution in [3.05, 3.63) is 92.9 Å². The summed E-state index contributed by atoms with van der Waals surface area (Å²) in [5.41, 5.74) is 12.4. The molecule has 1 saturated heterocycles. The lowest BCUT2D eigenvalue weighted by Gasteiger charge is -2.43. The van der Waals surface area contributed by atoms with Gasteiger partial charge in [-0.3, -0.25) is 15.0 Å². The molecular formula is C26H28N6O6. The lowest BCUT2D eigenvalue weighted by Crippen LogP contribution is -2.62. The average Bonchev–Trinajstić information content (AvgIpc) is 2.92. The van der Waals surface area contributed by atoms with Gasteiger partial charge in [0, 0.05) is 35.4 Å². The van der Waals surface area contributed by atoms with Gasteiger partial charge in [-0.1, -0.05) is 47.6 Å². The largest absolute Gasteiger partial charge is 0.395 e. The Morgan fingerprint density at radius 1 is 1.03 bits per heavy atom. The van der Waals surface area contributed by atoms with Gasteiger partial charge in [0.15, 0.2) is 0 Å². The fourth-order valence-electron chi connectivity index (χ4n) is 4.56. The number of aliphatic hydroxyl groups is 4. The van der Waals surface area contributed by atoms with Crippen LogP contribution in [0.1, 0.15) is 5.56 Å². The average molecular weight is 521 g/mol. The number of hydrogen-bond donors (Lipinski definition) is 5. The van der Waals surface area contributed by atoms with Crippen LogP contribution in [0.25, 0.3) is 21.6 Å². The number of β-amino-alcohol motifs (C(OH)–C–C–N with tert-alkyl or cyclic N) is 1. The second-order valence-electron chi connectivity index (χ2n) is 9.09. The van der Waals surface area contributed by atoms with E-state index in [4.69, 9.17) is 5.53 Å². The maximum atomic E-state index is 11.4. The molecule has 1 aliphatic rings. The summed E-state index contributed by atoms with van der Waals surface area (Å²) in [5, 5.41) is 57.5. The minimum atomic E-state index is -1.27. The van der Waals surface area contributed by atoms with Crippen LogP contribution >= 0.6 is 0 Å². The zero-order chi connectivity index (χ0) is 27.2. The number of azide groups is 1. The second kappa shape index (κ2) is 12.0. The number of nitro benzene ring substituents is 1. The van der Waals surface area contributed by atoms with Gasteiger partial charge in [-0.2, -0.15) is 0 Å². The molecule has 3 aromatic rings. The van der Waals surface area contributed by atoms with E-state index in [-0.39, 0.29) is 30.2 Å². The molecule has 0 spiro atoms. The molecule has 1 fully saturated rings. The molecule has 4 atom stereocenters. The van der Waals surface area contributed by atoms with Crippen LogP contribution < -0.4 is 5.32 Å². The molecule has 0 aromatic heterocycles. The lowest BCUT2D eigenvalue weighted by atomic mass is 9.93. The Balaban J connectivity index is 1.40. The molecule has 0 saturated carbocycles. The number of nitro groups is 1. The molecule has 198 valence electrons. The Kier molecular flexibility index (Phi) is 8.54. The van der Waals surface area contributed by atoms with Crippen molar-refractivity contribution in [2.24, 2.45) is 5.11 Å². The summed E-state index contributed by atoms with van der Waals surface area (Å²) in [7, 11) is 0. The molecule has 0 amide bonds. The molecule has 0 radical (unpaired) electrons. The second-order valence-corrected chi connectivity index (χ2v) is 9.09. The van der Waals surface area contributed by atoms with Crippen LogP contribution in [0.15, 0.2) is 71.8 Å². The predicted octanol–water partition coefficient (Wildman–Crippen LogP) is 3.25. The maximum Gasteiger partial charge on any atom is 0.293 e. The van der Waals surface area contributed by atoms with Crippen LogP contribution in [0.2, 0.25) is 0 Å². The number of nitrogens with one attached hydrogen (secondary N) is 1. The van der Waals surface area contributed by atoms with Crippen molar-refractivity contribution in [2.45, 2.75) is 30.8 Å². The van der Waals surface area contributed by atoms with E-state index < -0.39 is 29.3 Å². The highest BCUT2D eigenvalue weighted by Gasteiger charge is 2.40. The van der Waals surface area contributed by atoms with E-state index in [1.54, 1.807) is 4.90 Å². The van der Waals surface area contributed by atoms with E-state index in [0.29, 0.717) is 18.7 Å². The van der Waals surface area contributed by atoms with Crippen molar-refractivity contribution in [1.82, 2.24) is 4.90 Å². The van der Waals surface area contributed by atoms with Crippen molar-refractivity contribution >= 4 is 22.7 Å². The molecule has 3 aromatic carbocycles. The van der Waals surface area contributed by atoms with Crippen molar-refractivity contribution in [2.75, 3.05) is 25.0 Å². The molecule has 38 heavy (non-hydrogen) atoms. The third-order valence-electron chi connectivity index (χ3n) is 6.69. The summed E-state index contributed by atoms with van der Waals surface area (Å²) >= 11 is 0. The maximum absolute atomic E-state index is 11.4. The van der Waals surface area contributed by atoms with Gasteiger partial charge in [-0.25, -0.2) is 0 Å². The van der Waals surface area contributed by atoms with E-state index in [1.165, 1.54) is 18.2 Å². The minimum Gasteiger partial charge on any atom is -0.395 e. The summed E-state index contributed by atoms with van der Waals surface area (Å²) in [5.74, 6) is 0. The quantitative estimate of drug-likeness (QED) is 0.0934. The zero-order valence-corrected chi connectivity index (χ0v) is 20.3. The molecule has 12 heteroatoms. The van der Waals surface area contributed by atoms with Gasteiger partial charge in [0.2, 0.25) is 0 Å². The monoisotopic (exact) mass is 520 g/mol. The highest BCUT2D eigenvalue weighted by atomic mass is 16.6. The third-order valence-corrected chi connectivity index (χ3v) is 6.69. The zero-order valence-electron chi connectivity index (χ0n) is 20.3. The summed E-state index contributed by atoms with van der Waals surface area (Å²) < 4.78 is 0. The number of rotatable bonds is 9.